The van der Waals surface area contributed by atoms with Crippen molar-refractivity contribution in [1.82, 2.24) is 0 Å². The van der Waals surface area contributed by atoms with Gasteiger partial charge < -0.3 is 24.8 Å². The Balaban J connectivity index is 2.64. The number of hydrogen-bond acceptors (Lipinski definition) is 5. The van der Waals surface area contributed by atoms with E-state index in [1.165, 1.54) is 7.11 Å². The zero-order chi connectivity index (χ0) is 10.7. The average Bonchev–Trinajstić information content (AvgIpc) is 2.43. The summed E-state index contributed by atoms with van der Waals surface area (Å²) in [5, 5.41) is 27.0. The van der Waals surface area contributed by atoms with Crippen LogP contribution >= 0.6 is 0 Å². The van der Waals surface area contributed by atoms with Crippen LogP contribution in [0.1, 0.15) is 6.42 Å². The van der Waals surface area contributed by atoms with E-state index in [1.54, 1.807) is 0 Å². The Kier molecular flexibility index (Phi) is 3.82. The summed E-state index contributed by atoms with van der Waals surface area (Å²) < 4.78 is 9.97. The lowest BCUT2D eigenvalue weighted by Crippen LogP contribution is -2.31. The van der Waals surface area contributed by atoms with Gasteiger partial charge in [-0.05, 0) is 0 Å². The van der Waals surface area contributed by atoms with E-state index in [1.807, 2.05) is 0 Å². The van der Waals surface area contributed by atoms with Crippen LogP contribution in [0.3, 0.4) is 0 Å². The standard InChI is InChI=1S/C8H14O6/c1-13-8-4(2-6(10)11)7(12)5(3-9)14-8/h4-5,7-9,12H,2-3H2,1H3,(H,10,11). The zero-order valence-electron chi connectivity index (χ0n) is 7.79. The van der Waals surface area contributed by atoms with Crippen LogP contribution in [0.5, 0.6) is 0 Å². The molecule has 4 unspecified atom stereocenters. The van der Waals surface area contributed by atoms with Crippen LogP contribution in [-0.4, -0.2) is 53.5 Å². The molecule has 0 spiro atoms. The quantitative estimate of drug-likeness (QED) is 0.534. The summed E-state index contributed by atoms with van der Waals surface area (Å²) in [5.74, 6) is -1.66. The van der Waals surface area contributed by atoms with E-state index in [4.69, 9.17) is 19.7 Å². The van der Waals surface area contributed by atoms with E-state index < -0.39 is 30.4 Å². The van der Waals surface area contributed by atoms with Gasteiger partial charge in [-0.2, -0.15) is 0 Å². The second kappa shape index (κ2) is 4.70. The first-order chi connectivity index (χ1) is 6.60. The van der Waals surface area contributed by atoms with Crippen molar-refractivity contribution in [2.45, 2.75) is 24.9 Å². The van der Waals surface area contributed by atoms with Gasteiger partial charge in [0.05, 0.1) is 19.1 Å². The van der Waals surface area contributed by atoms with Crippen LogP contribution in [0.25, 0.3) is 0 Å². The molecule has 1 heterocycles. The van der Waals surface area contributed by atoms with Crippen molar-refractivity contribution in [3.05, 3.63) is 0 Å². The second-order valence-corrected chi connectivity index (χ2v) is 3.21. The van der Waals surface area contributed by atoms with Gasteiger partial charge in [-0.3, -0.25) is 4.79 Å². The molecule has 3 N–H and O–H groups in total. The van der Waals surface area contributed by atoms with Gasteiger partial charge in [-0.15, -0.1) is 0 Å². The topological polar surface area (TPSA) is 96.2 Å². The lowest BCUT2D eigenvalue weighted by molar-refractivity contribution is -0.151. The Morgan fingerprint density at radius 3 is 2.64 bits per heavy atom. The largest absolute Gasteiger partial charge is 0.481 e. The number of methoxy groups -OCH3 is 1. The predicted molar refractivity (Wildman–Crippen MR) is 44.5 cm³/mol. The Bertz CT molecular complexity index is 204. The highest BCUT2D eigenvalue weighted by Gasteiger charge is 2.44. The number of aliphatic hydroxyl groups is 2. The molecule has 1 aliphatic heterocycles. The number of carboxylic acid groups (broad SMARTS) is 1. The molecule has 1 rings (SSSR count). The number of rotatable bonds is 4. The Hall–Kier alpha value is -0.690. The first kappa shape index (κ1) is 11.4. The van der Waals surface area contributed by atoms with Crippen molar-refractivity contribution in [2.75, 3.05) is 13.7 Å². The van der Waals surface area contributed by atoms with E-state index in [2.05, 4.69) is 0 Å². The molecule has 0 aromatic heterocycles. The second-order valence-electron chi connectivity index (χ2n) is 3.21. The van der Waals surface area contributed by atoms with Crippen LogP contribution in [0.4, 0.5) is 0 Å². The molecule has 1 saturated heterocycles. The zero-order valence-corrected chi connectivity index (χ0v) is 7.79. The van der Waals surface area contributed by atoms with E-state index in [0.29, 0.717) is 0 Å². The molecule has 0 saturated carbocycles. The molecular formula is C8H14O6. The predicted octanol–water partition coefficient (Wildman–Crippen LogP) is -1.20. The van der Waals surface area contributed by atoms with Crippen molar-refractivity contribution in [1.29, 1.82) is 0 Å². The maximum absolute atomic E-state index is 10.5. The molecule has 82 valence electrons. The van der Waals surface area contributed by atoms with Gasteiger partial charge in [0.25, 0.3) is 0 Å². The van der Waals surface area contributed by atoms with Gasteiger partial charge in [0.15, 0.2) is 6.29 Å². The maximum atomic E-state index is 10.5. The third-order valence-electron chi connectivity index (χ3n) is 2.30. The number of aliphatic hydroxyl groups excluding tert-OH is 2. The molecule has 0 radical (unpaired) electrons. The fraction of sp³-hybridized carbons (Fsp3) is 0.875. The molecule has 14 heavy (non-hydrogen) atoms. The average molecular weight is 206 g/mol. The summed E-state index contributed by atoms with van der Waals surface area (Å²) in [5.41, 5.74) is 0. The molecule has 0 aliphatic carbocycles. The van der Waals surface area contributed by atoms with Gasteiger partial charge in [-0.1, -0.05) is 0 Å². The normalized spacial score (nSPS) is 37.4. The lowest BCUT2D eigenvalue weighted by Gasteiger charge is -2.16. The minimum Gasteiger partial charge on any atom is -0.481 e. The molecule has 0 amide bonds. The van der Waals surface area contributed by atoms with Crippen LogP contribution in [0.15, 0.2) is 0 Å². The van der Waals surface area contributed by atoms with Crippen molar-refractivity contribution in [3.8, 4) is 0 Å². The first-order valence-corrected chi connectivity index (χ1v) is 4.29. The molecule has 0 aromatic rings. The number of carboxylic acids is 1. The van der Waals surface area contributed by atoms with Gasteiger partial charge in [0.2, 0.25) is 0 Å². The smallest absolute Gasteiger partial charge is 0.303 e. The fourth-order valence-electron chi connectivity index (χ4n) is 1.59. The molecule has 0 bridgehead atoms. The molecule has 4 atom stereocenters. The van der Waals surface area contributed by atoms with Gasteiger partial charge in [0.1, 0.15) is 6.10 Å². The highest BCUT2D eigenvalue weighted by atomic mass is 16.7. The van der Waals surface area contributed by atoms with E-state index in [9.17, 15) is 9.90 Å². The third-order valence-corrected chi connectivity index (χ3v) is 2.30. The minimum atomic E-state index is -1.03. The summed E-state index contributed by atoms with van der Waals surface area (Å²) in [6.07, 6.45) is -2.76. The highest BCUT2D eigenvalue weighted by molar-refractivity contribution is 5.67. The summed E-state index contributed by atoms with van der Waals surface area (Å²) in [7, 11) is 1.37. The van der Waals surface area contributed by atoms with Crippen LogP contribution < -0.4 is 0 Å². The summed E-state index contributed by atoms with van der Waals surface area (Å²) >= 11 is 0. The monoisotopic (exact) mass is 206 g/mol. The van der Waals surface area contributed by atoms with Crippen molar-refractivity contribution >= 4 is 5.97 Å². The number of carbonyl (C=O) groups is 1. The fourth-order valence-corrected chi connectivity index (χ4v) is 1.59. The molecule has 0 aromatic carbocycles. The van der Waals surface area contributed by atoms with E-state index in [0.717, 1.165) is 0 Å². The van der Waals surface area contributed by atoms with Crippen LogP contribution in [0.2, 0.25) is 0 Å². The summed E-state index contributed by atoms with van der Waals surface area (Å²) in [6, 6.07) is 0. The molecule has 6 nitrogen and oxygen atoms in total. The molecular weight excluding hydrogens is 192 g/mol. The van der Waals surface area contributed by atoms with Crippen LogP contribution in [-0.2, 0) is 14.3 Å². The maximum Gasteiger partial charge on any atom is 0.303 e. The van der Waals surface area contributed by atoms with Gasteiger partial charge in [0, 0.05) is 13.0 Å². The summed E-state index contributed by atoms with van der Waals surface area (Å²) in [4.78, 5) is 10.5. The summed E-state index contributed by atoms with van der Waals surface area (Å²) in [6.45, 7) is -0.350. The first-order valence-electron chi connectivity index (χ1n) is 4.29. The van der Waals surface area contributed by atoms with Gasteiger partial charge >= 0.3 is 5.97 Å². The third kappa shape index (κ3) is 2.21. The highest BCUT2D eigenvalue weighted by Crippen LogP contribution is 2.29. The van der Waals surface area contributed by atoms with E-state index >= 15 is 0 Å². The molecule has 6 heteroatoms. The molecule has 1 fully saturated rings. The van der Waals surface area contributed by atoms with Crippen molar-refractivity contribution in [3.63, 3.8) is 0 Å². The number of aliphatic carboxylic acids is 1. The van der Waals surface area contributed by atoms with E-state index in [-0.39, 0.29) is 13.0 Å². The Morgan fingerprint density at radius 1 is 1.57 bits per heavy atom. The molecule has 1 aliphatic rings. The lowest BCUT2D eigenvalue weighted by atomic mass is 9.97. The van der Waals surface area contributed by atoms with Crippen molar-refractivity contribution in [2.24, 2.45) is 5.92 Å². The Labute approximate surface area is 81.1 Å². The van der Waals surface area contributed by atoms with Crippen molar-refractivity contribution < 1.29 is 29.6 Å². The number of hydrogen-bond donors (Lipinski definition) is 3. The van der Waals surface area contributed by atoms with Gasteiger partial charge in [-0.25, -0.2) is 0 Å². The minimum absolute atomic E-state index is 0.240. The van der Waals surface area contributed by atoms with Crippen LogP contribution in [0, 0.1) is 5.92 Å². The Morgan fingerprint density at radius 2 is 2.21 bits per heavy atom. The number of ether oxygens (including phenoxy) is 2. The SMILES string of the molecule is COC1OC(CO)C(O)C1CC(=O)O.